The van der Waals surface area contributed by atoms with Gasteiger partial charge in [-0.3, -0.25) is 14.4 Å². The largest absolute Gasteiger partial charge is 0.345 e. The summed E-state index contributed by atoms with van der Waals surface area (Å²) >= 11 is 0. The van der Waals surface area contributed by atoms with Crippen LogP contribution >= 0.6 is 0 Å². The molecule has 0 aliphatic carbocycles. The van der Waals surface area contributed by atoms with Crippen LogP contribution in [-0.4, -0.2) is 36.7 Å². The number of carbonyl (C=O) groups excluding carboxylic acids is 3. The minimum Gasteiger partial charge on any atom is -0.345 e. The Hall–Kier alpha value is -2.95. The molecule has 2 aromatic rings. The summed E-state index contributed by atoms with van der Waals surface area (Å²) in [5.74, 6) is -0.882. The lowest BCUT2D eigenvalue weighted by Gasteiger charge is -2.20. The average molecular weight is 308 g/mol. The molecule has 5 nitrogen and oxygen atoms in total. The number of rotatable bonds is 2. The first-order valence-electron chi connectivity index (χ1n) is 7.22. The van der Waals surface area contributed by atoms with Gasteiger partial charge in [-0.1, -0.05) is 18.2 Å². The van der Waals surface area contributed by atoms with Gasteiger partial charge < -0.3 is 4.90 Å². The number of nitrogens with zero attached hydrogens (tertiary/aromatic N) is 2. The standard InChI is InChI=1S/C18H16N2O3/c1-11-12(16(21)19(2)3)9-6-10-15(11)20-17(22)13-7-4-5-8-14(13)18(20)23/h4-10H,1-3H3. The summed E-state index contributed by atoms with van der Waals surface area (Å²) in [7, 11) is 3.33. The first-order chi connectivity index (χ1) is 10.9. The lowest BCUT2D eigenvalue weighted by molar-refractivity contribution is 0.0824. The van der Waals surface area contributed by atoms with Gasteiger partial charge in [-0.2, -0.15) is 0 Å². The van der Waals surface area contributed by atoms with Crippen molar-refractivity contribution in [3.05, 3.63) is 64.7 Å². The SMILES string of the molecule is Cc1c(C(=O)N(C)C)cccc1N1C(=O)c2ccccc2C1=O. The number of fused-ring (bicyclic) bond motifs is 1. The summed E-state index contributed by atoms with van der Waals surface area (Å²) in [6.07, 6.45) is 0. The minimum atomic E-state index is -0.358. The Morgan fingerprint density at radius 1 is 0.913 bits per heavy atom. The van der Waals surface area contributed by atoms with E-state index in [1.54, 1.807) is 63.5 Å². The molecule has 0 unspecified atom stereocenters. The smallest absolute Gasteiger partial charge is 0.266 e. The second kappa shape index (κ2) is 5.35. The zero-order chi connectivity index (χ0) is 16.7. The van der Waals surface area contributed by atoms with Crippen molar-refractivity contribution in [2.45, 2.75) is 6.92 Å². The van der Waals surface area contributed by atoms with E-state index in [0.29, 0.717) is 27.9 Å². The summed E-state index contributed by atoms with van der Waals surface area (Å²) in [6.45, 7) is 1.75. The molecule has 0 bridgehead atoms. The van der Waals surface area contributed by atoms with Crippen molar-refractivity contribution in [3.63, 3.8) is 0 Å². The third-order valence-corrected chi connectivity index (χ3v) is 3.98. The van der Waals surface area contributed by atoms with E-state index in [0.717, 1.165) is 4.90 Å². The number of hydrogen-bond donors (Lipinski definition) is 0. The van der Waals surface area contributed by atoms with Crippen LogP contribution in [-0.2, 0) is 0 Å². The molecule has 0 aromatic heterocycles. The van der Waals surface area contributed by atoms with Crippen LogP contribution in [0.1, 0.15) is 36.6 Å². The van der Waals surface area contributed by atoms with Crippen molar-refractivity contribution in [2.24, 2.45) is 0 Å². The van der Waals surface area contributed by atoms with Crippen molar-refractivity contribution in [3.8, 4) is 0 Å². The van der Waals surface area contributed by atoms with Crippen LogP contribution in [0, 0.1) is 6.92 Å². The lowest BCUT2D eigenvalue weighted by Crippen LogP contribution is -2.31. The summed E-state index contributed by atoms with van der Waals surface area (Å²) < 4.78 is 0. The molecule has 0 radical (unpaired) electrons. The normalized spacial score (nSPS) is 13.3. The predicted molar refractivity (Wildman–Crippen MR) is 86.8 cm³/mol. The molecule has 0 saturated carbocycles. The molecule has 1 aliphatic rings. The minimum absolute atomic E-state index is 0.166. The number of hydrogen-bond acceptors (Lipinski definition) is 3. The maximum Gasteiger partial charge on any atom is 0.266 e. The van der Waals surface area contributed by atoms with Crippen LogP contribution < -0.4 is 4.90 Å². The van der Waals surface area contributed by atoms with Crippen LogP contribution in [0.2, 0.25) is 0 Å². The molecule has 3 amide bonds. The Balaban J connectivity index is 2.11. The highest BCUT2D eigenvalue weighted by Crippen LogP contribution is 2.31. The summed E-state index contributed by atoms with van der Waals surface area (Å²) in [5, 5.41) is 0. The van der Waals surface area contributed by atoms with Crippen LogP contribution in [0.25, 0.3) is 0 Å². The number of imide groups is 1. The second-order valence-electron chi connectivity index (χ2n) is 5.64. The van der Waals surface area contributed by atoms with Crippen molar-refractivity contribution in [1.82, 2.24) is 4.90 Å². The number of carbonyl (C=O) groups is 3. The zero-order valence-corrected chi connectivity index (χ0v) is 13.2. The van der Waals surface area contributed by atoms with E-state index in [1.807, 2.05) is 0 Å². The van der Waals surface area contributed by atoms with E-state index in [-0.39, 0.29) is 17.7 Å². The van der Waals surface area contributed by atoms with Crippen molar-refractivity contribution < 1.29 is 14.4 Å². The summed E-state index contributed by atoms with van der Waals surface area (Å²) in [4.78, 5) is 40.0. The Kier molecular flexibility index (Phi) is 3.48. The highest BCUT2D eigenvalue weighted by molar-refractivity contribution is 6.34. The maximum absolute atomic E-state index is 12.6. The second-order valence-corrected chi connectivity index (χ2v) is 5.64. The predicted octanol–water partition coefficient (Wildman–Crippen LogP) is 2.50. The summed E-state index contributed by atoms with van der Waals surface area (Å²) in [6, 6.07) is 11.8. The fourth-order valence-electron chi connectivity index (χ4n) is 2.75. The van der Waals surface area contributed by atoms with E-state index < -0.39 is 0 Å². The van der Waals surface area contributed by atoms with Gasteiger partial charge in [-0.25, -0.2) is 4.90 Å². The molecule has 0 spiro atoms. The first kappa shape index (κ1) is 15.0. The molecule has 5 heteroatoms. The van der Waals surface area contributed by atoms with Gasteiger partial charge in [0.2, 0.25) is 0 Å². The van der Waals surface area contributed by atoms with E-state index >= 15 is 0 Å². The number of anilines is 1. The highest BCUT2D eigenvalue weighted by atomic mass is 16.2. The molecule has 0 fully saturated rings. The number of benzene rings is 2. The molecular weight excluding hydrogens is 292 g/mol. The fourth-order valence-corrected chi connectivity index (χ4v) is 2.75. The van der Waals surface area contributed by atoms with E-state index in [2.05, 4.69) is 0 Å². The van der Waals surface area contributed by atoms with Crippen molar-refractivity contribution in [2.75, 3.05) is 19.0 Å². The Morgan fingerprint density at radius 2 is 1.48 bits per heavy atom. The zero-order valence-electron chi connectivity index (χ0n) is 13.2. The molecule has 116 valence electrons. The molecule has 1 heterocycles. The monoisotopic (exact) mass is 308 g/mol. The molecule has 0 atom stereocenters. The van der Waals surface area contributed by atoms with E-state index in [9.17, 15) is 14.4 Å². The van der Waals surface area contributed by atoms with E-state index in [1.165, 1.54) is 4.90 Å². The quantitative estimate of drug-likeness (QED) is 0.801. The first-order valence-corrected chi connectivity index (χ1v) is 7.22. The topological polar surface area (TPSA) is 57.7 Å². The van der Waals surface area contributed by atoms with Gasteiger partial charge >= 0.3 is 0 Å². The van der Waals surface area contributed by atoms with Crippen LogP contribution in [0.15, 0.2) is 42.5 Å². The fraction of sp³-hybridized carbons (Fsp3) is 0.167. The van der Waals surface area contributed by atoms with E-state index in [4.69, 9.17) is 0 Å². The lowest BCUT2D eigenvalue weighted by atomic mass is 10.0. The van der Waals surface area contributed by atoms with Gasteiger partial charge in [0, 0.05) is 19.7 Å². The Labute approximate surface area is 134 Å². The van der Waals surface area contributed by atoms with Crippen molar-refractivity contribution in [1.29, 1.82) is 0 Å². The van der Waals surface area contributed by atoms with Crippen molar-refractivity contribution >= 4 is 23.4 Å². The molecule has 1 aliphatic heterocycles. The Morgan fingerprint density at radius 3 is 2.00 bits per heavy atom. The Bertz CT molecular complexity index is 805. The molecule has 0 N–H and O–H groups in total. The van der Waals surface area contributed by atoms with Gasteiger partial charge in [0.25, 0.3) is 17.7 Å². The molecule has 0 saturated heterocycles. The van der Waals surface area contributed by atoms with Crippen LogP contribution in [0.3, 0.4) is 0 Å². The molecular formula is C18H16N2O3. The molecule has 3 rings (SSSR count). The highest BCUT2D eigenvalue weighted by Gasteiger charge is 2.37. The van der Waals surface area contributed by atoms with Crippen LogP contribution in [0.5, 0.6) is 0 Å². The van der Waals surface area contributed by atoms with Gasteiger partial charge in [0.1, 0.15) is 0 Å². The summed E-state index contributed by atoms with van der Waals surface area (Å²) in [5.41, 5.74) is 2.32. The molecule has 23 heavy (non-hydrogen) atoms. The molecule has 2 aromatic carbocycles. The third-order valence-electron chi connectivity index (χ3n) is 3.98. The maximum atomic E-state index is 12.6. The van der Waals surface area contributed by atoms with Gasteiger partial charge in [-0.05, 0) is 36.8 Å². The number of amides is 3. The van der Waals surface area contributed by atoms with Gasteiger partial charge in [0.05, 0.1) is 16.8 Å². The third kappa shape index (κ3) is 2.21. The average Bonchev–Trinajstić information content (AvgIpc) is 2.79. The van der Waals surface area contributed by atoms with Gasteiger partial charge in [0.15, 0.2) is 0 Å². The van der Waals surface area contributed by atoms with Crippen LogP contribution in [0.4, 0.5) is 5.69 Å². The van der Waals surface area contributed by atoms with Gasteiger partial charge in [-0.15, -0.1) is 0 Å².